The van der Waals surface area contributed by atoms with E-state index in [1.165, 1.54) is 12.1 Å². The molecular formula is C21H28N2O4S. The fraction of sp³-hybridized carbons (Fsp3) is 0.381. The summed E-state index contributed by atoms with van der Waals surface area (Å²) in [6.07, 6.45) is 2.05. The second-order valence-electron chi connectivity index (χ2n) is 6.61. The molecule has 152 valence electrons. The molecule has 28 heavy (non-hydrogen) atoms. The minimum absolute atomic E-state index is 0.0708. The van der Waals surface area contributed by atoms with E-state index in [4.69, 9.17) is 4.74 Å². The van der Waals surface area contributed by atoms with Gasteiger partial charge in [-0.15, -0.1) is 0 Å². The Morgan fingerprint density at radius 1 is 1.04 bits per heavy atom. The summed E-state index contributed by atoms with van der Waals surface area (Å²) in [4.78, 5) is 12.8. The van der Waals surface area contributed by atoms with Crippen molar-refractivity contribution in [2.45, 2.75) is 45.4 Å². The number of rotatable bonds is 9. The number of aryl methyl sites for hydroxylation is 2. The summed E-state index contributed by atoms with van der Waals surface area (Å²) in [5, 5.41) is 2.86. The number of sulfonamides is 1. The molecule has 0 saturated carbocycles. The SMILES string of the molecule is CCCCOc1ccc(NC(=O)c2cc(S(=O)(=O)NCC)ccc2C)c(C)c1. The number of nitrogens with one attached hydrogen (secondary N) is 2. The number of ether oxygens (including phenoxy) is 1. The zero-order valence-electron chi connectivity index (χ0n) is 16.8. The molecule has 2 N–H and O–H groups in total. The van der Waals surface area contributed by atoms with E-state index in [1.54, 1.807) is 26.0 Å². The standard InChI is InChI=1S/C21H28N2O4S/c1-5-7-12-27-17-9-11-20(16(4)13-17)23-21(24)19-14-18(10-8-15(19)3)28(25,26)22-6-2/h8-11,13-14,22H,5-7,12H2,1-4H3,(H,23,24). The van der Waals surface area contributed by atoms with E-state index in [2.05, 4.69) is 17.0 Å². The highest BCUT2D eigenvalue weighted by Crippen LogP contribution is 2.23. The lowest BCUT2D eigenvalue weighted by molar-refractivity contribution is 0.102. The van der Waals surface area contributed by atoms with Crippen LogP contribution in [0.3, 0.4) is 0 Å². The number of hydrogen-bond donors (Lipinski definition) is 2. The first-order chi connectivity index (χ1) is 13.3. The highest BCUT2D eigenvalue weighted by molar-refractivity contribution is 7.89. The first-order valence-corrected chi connectivity index (χ1v) is 10.9. The van der Waals surface area contributed by atoms with Gasteiger partial charge in [-0.05, 0) is 61.7 Å². The Bertz CT molecular complexity index is 939. The van der Waals surface area contributed by atoms with Gasteiger partial charge in [-0.1, -0.05) is 26.3 Å². The van der Waals surface area contributed by atoms with Gasteiger partial charge in [-0.25, -0.2) is 13.1 Å². The van der Waals surface area contributed by atoms with E-state index < -0.39 is 10.0 Å². The van der Waals surface area contributed by atoms with Crippen LogP contribution in [0.1, 0.15) is 48.2 Å². The number of amides is 1. The predicted octanol–water partition coefficient (Wildman–Crippen LogP) is 4.03. The molecular weight excluding hydrogens is 376 g/mol. The third-order valence-electron chi connectivity index (χ3n) is 4.31. The summed E-state index contributed by atoms with van der Waals surface area (Å²) in [6, 6.07) is 10.0. The second-order valence-corrected chi connectivity index (χ2v) is 8.38. The Morgan fingerprint density at radius 2 is 1.79 bits per heavy atom. The average molecular weight is 405 g/mol. The largest absolute Gasteiger partial charge is 0.494 e. The Kier molecular flexibility index (Phi) is 7.60. The van der Waals surface area contributed by atoms with Gasteiger partial charge in [-0.3, -0.25) is 4.79 Å². The summed E-state index contributed by atoms with van der Waals surface area (Å²) in [7, 11) is -3.63. The Labute approximate surface area is 167 Å². The number of unbranched alkanes of at least 4 members (excludes halogenated alkanes) is 1. The molecule has 0 bridgehead atoms. The van der Waals surface area contributed by atoms with Crippen molar-refractivity contribution in [3.63, 3.8) is 0 Å². The predicted molar refractivity (Wildman–Crippen MR) is 112 cm³/mol. The maximum atomic E-state index is 12.8. The van der Waals surface area contributed by atoms with Gasteiger partial charge < -0.3 is 10.1 Å². The minimum Gasteiger partial charge on any atom is -0.494 e. The van der Waals surface area contributed by atoms with Gasteiger partial charge in [0.25, 0.3) is 5.91 Å². The van der Waals surface area contributed by atoms with Crippen LogP contribution in [0.2, 0.25) is 0 Å². The van der Waals surface area contributed by atoms with Crippen LogP contribution in [0, 0.1) is 13.8 Å². The summed E-state index contributed by atoms with van der Waals surface area (Å²) < 4.78 is 32.6. The van der Waals surface area contributed by atoms with Crippen LogP contribution in [0.15, 0.2) is 41.3 Å². The molecule has 0 unspecified atom stereocenters. The van der Waals surface area contributed by atoms with Gasteiger partial charge in [0, 0.05) is 17.8 Å². The molecule has 1 amide bonds. The van der Waals surface area contributed by atoms with Crippen LogP contribution < -0.4 is 14.8 Å². The first kappa shape index (κ1) is 21.9. The number of carbonyl (C=O) groups excluding carboxylic acids is 1. The summed E-state index contributed by atoms with van der Waals surface area (Å²) in [6.45, 7) is 8.42. The second kappa shape index (κ2) is 9.71. The highest BCUT2D eigenvalue weighted by Gasteiger charge is 2.18. The molecule has 0 fully saturated rings. The van der Waals surface area contributed by atoms with Gasteiger partial charge in [0.15, 0.2) is 0 Å². The number of hydrogen-bond acceptors (Lipinski definition) is 4. The molecule has 6 nitrogen and oxygen atoms in total. The van der Waals surface area contributed by atoms with Crippen LogP contribution >= 0.6 is 0 Å². The number of anilines is 1. The normalized spacial score (nSPS) is 11.3. The Hall–Kier alpha value is -2.38. The van der Waals surface area contributed by atoms with Crippen molar-refractivity contribution in [1.29, 1.82) is 0 Å². The lowest BCUT2D eigenvalue weighted by Gasteiger charge is -2.13. The van der Waals surface area contributed by atoms with Crippen molar-refractivity contribution in [2.75, 3.05) is 18.5 Å². The molecule has 2 aromatic rings. The van der Waals surface area contributed by atoms with Crippen molar-refractivity contribution in [1.82, 2.24) is 4.72 Å². The monoisotopic (exact) mass is 404 g/mol. The van der Waals surface area contributed by atoms with E-state index in [0.29, 0.717) is 23.4 Å². The van der Waals surface area contributed by atoms with Crippen molar-refractivity contribution in [3.05, 3.63) is 53.1 Å². The Balaban J connectivity index is 2.21. The van der Waals surface area contributed by atoms with E-state index >= 15 is 0 Å². The summed E-state index contributed by atoms with van der Waals surface area (Å²) >= 11 is 0. The van der Waals surface area contributed by atoms with E-state index in [9.17, 15) is 13.2 Å². The first-order valence-electron chi connectivity index (χ1n) is 9.43. The molecule has 2 aromatic carbocycles. The van der Waals surface area contributed by atoms with Gasteiger partial charge in [0.1, 0.15) is 5.75 Å². The zero-order valence-corrected chi connectivity index (χ0v) is 17.7. The van der Waals surface area contributed by atoms with Crippen molar-refractivity contribution < 1.29 is 17.9 Å². The van der Waals surface area contributed by atoms with E-state index in [1.807, 2.05) is 19.1 Å². The topological polar surface area (TPSA) is 84.5 Å². The highest BCUT2D eigenvalue weighted by atomic mass is 32.2. The zero-order chi connectivity index (χ0) is 20.7. The van der Waals surface area contributed by atoms with Crippen LogP contribution in [-0.4, -0.2) is 27.5 Å². The number of carbonyl (C=O) groups is 1. The molecule has 0 aliphatic rings. The molecule has 7 heteroatoms. The molecule has 0 spiro atoms. The fourth-order valence-corrected chi connectivity index (χ4v) is 3.74. The quantitative estimate of drug-likeness (QED) is 0.618. The average Bonchev–Trinajstić information content (AvgIpc) is 2.64. The van der Waals surface area contributed by atoms with Gasteiger partial charge >= 0.3 is 0 Å². The molecule has 0 atom stereocenters. The molecule has 0 aliphatic heterocycles. The third kappa shape index (κ3) is 5.56. The third-order valence-corrected chi connectivity index (χ3v) is 5.85. The molecule has 2 rings (SSSR count). The lowest BCUT2D eigenvalue weighted by atomic mass is 10.1. The molecule has 0 heterocycles. The molecule has 0 aliphatic carbocycles. The van der Waals surface area contributed by atoms with E-state index in [0.717, 1.165) is 24.2 Å². The summed E-state index contributed by atoms with van der Waals surface area (Å²) in [5.41, 5.74) is 2.55. The van der Waals surface area contributed by atoms with Crippen LogP contribution in [0.4, 0.5) is 5.69 Å². The minimum atomic E-state index is -3.63. The van der Waals surface area contributed by atoms with Gasteiger partial charge in [-0.2, -0.15) is 0 Å². The lowest BCUT2D eigenvalue weighted by Crippen LogP contribution is -2.24. The van der Waals surface area contributed by atoms with Crippen LogP contribution in [0.25, 0.3) is 0 Å². The van der Waals surface area contributed by atoms with E-state index in [-0.39, 0.29) is 17.3 Å². The van der Waals surface area contributed by atoms with Crippen LogP contribution in [-0.2, 0) is 10.0 Å². The van der Waals surface area contributed by atoms with Crippen molar-refractivity contribution in [3.8, 4) is 5.75 Å². The van der Waals surface area contributed by atoms with Crippen LogP contribution in [0.5, 0.6) is 5.75 Å². The molecule has 0 saturated heterocycles. The van der Waals surface area contributed by atoms with Crippen molar-refractivity contribution >= 4 is 21.6 Å². The van der Waals surface area contributed by atoms with Gasteiger partial charge in [0.2, 0.25) is 10.0 Å². The maximum absolute atomic E-state index is 12.8. The van der Waals surface area contributed by atoms with Gasteiger partial charge in [0.05, 0.1) is 11.5 Å². The summed E-state index contributed by atoms with van der Waals surface area (Å²) in [5.74, 6) is 0.410. The molecule has 0 radical (unpaired) electrons. The Morgan fingerprint density at radius 3 is 2.43 bits per heavy atom. The smallest absolute Gasteiger partial charge is 0.255 e. The molecule has 0 aromatic heterocycles. The maximum Gasteiger partial charge on any atom is 0.255 e. The number of benzene rings is 2. The van der Waals surface area contributed by atoms with Crippen molar-refractivity contribution in [2.24, 2.45) is 0 Å². The fourth-order valence-electron chi connectivity index (χ4n) is 2.68.